The van der Waals surface area contributed by atoms with Crippen LogP contribution in [0.1, 0.15) is 26.0 Å². The molecular weight excluding hydrogens is 276 g/mol. The quantitative estimate of drug-likeness (QED) is 0.677. The summed E-state index contributed by atoms with van der Waals surface area (Å²) in [4.78, 5) is 15.6. The number of aromatic nitrogens is 1. The third kappa shape index (κ3) is 7.03. The lowest BCUT2D eigenvalue weighted by molar-refractivity contribution is -0.143. The minimum absolute atomic E-state index is 0.177. The molecule has 7 nitrogen and oxygen atoms in total. The zero-order valence-corrected chi connectivity index (χ0v) is 12.4. The molecule has 1 heterocycles. The first-order chi connectivity index (χ1) is 10.2. The number of carbonyl (C=O) groups excluding carboxylic acids is 1. The minimum atomic E-state index is -0.607. The van der Waals surface area contributed by atoms with Gasteiger partial charge in [0, 0.05) is 19.6 Å². The predicted molar refractivity (Wildman–Crippen MR) is 76.8 cm³/mol. The van der Waals surface area contributed by atoms with E-state index in [4.69, 9.17) is 19.3 Å². The van der Waals surface area contributed by atoms with Crippen molar-refractivity contribution in [1.29, 1.82) is 0 Å². The summed E-state index contributed by atoms with van der Waals surface area (Å²) in [6, 6.07) is 4.96. The number of pyridine rings is 1. The van der Waals surface area contributed by atoms with Gasteiger partial charge in [-0.3, -0.25) is 5.32 Å². The second-order valence-corrected chi connectivity index (χ2v) is 4.06. The Bertz CT molecular complexity index is 422. The van der Waals surface area contributed by atoms with Crippen LogP contribution in [0.2, 0.25) is 0 Å². The molecule has 0 aliphatic heterocycles. The van der Waals surface area contributed by atoms with E-state index in [0.717, 1.165) is 0 Å². The Kier molecular flexibility index (Phi) is 8.34. The SMILES string of the molecule is CCOC(CCOC(=O)Nc1cccc(CO)n1)OCC. The summed E-state index contributed by atoms with van der Waals surface area (Å²) in [5.41, 5.74) is 0.473. The van der Waals surface area contributed by atoms with Crippen molar-refractivity contribution >= 4 is 11.9 Å². The van der Waals surface area contributed by atoms with E-state index >= 15 is 0 Å². The topological polar surface area (TPSA) is 89.9 Å². The lowest BCUT2D eigenvalue weighted by atomic mass is 10.3. The zero-order valence-electron chi connectivity index (χ0n) is 12.4. The molecule has 0 saturated heterocycles. The standard InChI is InChI=1S/C14H22N2O5/c1-3-19-13(20-4-2)8-9-21-14(18)16-12-7-5-6-11(10-17)15-12/h5-7,13,17H,3-4,8-10H2,1-2H3,(H,15,16,18). The summed E-state index contributed by atoms with van der Waals surface area (Å²) < 4.78 is 15.7. The van der Waals surface area contributed by atoms with E-state index in [0.29, 0.717) is 31.1 Å². The number of aliphatic hydroxyl groups excluding tert-OH is 1. The van der Waals surface area contributed by atoms with E-state index in [2.05, 4.69) is 10.3 Å². The molecule has 0 bridgehead atoms. The molecule has 1 amide bonds. The van der Waals surface area contributed by atoms with E-state index in [-0.39, 0.29) is 19.5 Å². The fourth-order valence-corrected chi connectivity index (χ4v) is 1.61. The van der Waals surface area contributed by atoms with Gasteiger partial charge in [0.05, 0.1) is 18.9 Å². The summed E-state index contributed by atoms with van der Waals surface area (Å²) in [6.07, 6.45) is -0.521. The van der Waals surface area contributed by atoms with Crippen LogP contribution in [-0.2, 0) is 20.8 Å². The number of hydrogen-bond acceptors (Lipinski definition) is 6. The van der Waals surface area contributed by atoms with Crippen LogP contribution in [-0.4, -0.2) is 42.3 Å². The van der Waals surface area contributed by atoms with Crippen LogP contribution >= 0.6 is 0 Å². The van der Waals surface area contributed by atoms with Gasteiger partial charge in [-0.05, 0) is 26.0 Å². The first kappa shape index (κ1) is 17.4. The number of nitrogens with zero attached hydrogens (tertiary/aromatic N) is 1. The number of anilines is 1. The van der Waals surface area contributed by atoms with Crippen LogP contribution in [0.25, 0.3) is 0 Å². The molecule has 1 aromatic rings. The molecule has 0 aliphatic rings. The van der Waals surface area contributed by atoms with Gasteiger partial charge in [0.15, 0.2) is 6.29 Å². The van der Waals surface area contributed by atoms with Crippen molar-refractivity contribution in [2.24, 2.45) is 0 Å². The fourth-order valence-electron chi connectivity index (χ4n) is 1.61. The zero-order chi connectivity index (χ0) is 15.5. The van der Waals surface area contributed by atoms with Gasteiger partial charge in [-0.2, -0.15) is 0 Å². The summed E-state index contributed by atoms with van der Waals surface area (Å²) in [6.45, 7) is 4.81. The average molecular weight is 298 g/mol. The first-order valence-corrected chi connectivity index (χ1v) is 6.93. The van der Waals surface area contributed by atoms with Crippen molar-refractivity contribution in [3.8, 4) is 0 Å². The fraction of sp³-hybridized carbons (Fsp3) is 0.571. The molecule has 0 atom stereocenters. The Hall–Kier alpha value is -1.70. The molecule has 0 saturated carbocycles. The van der Waals surface area contributed by atoms with Crippen LogP contribution in [0, 0.1) is 0 Å². The molecule has 0 fully saturated rings. The van der Waals surface area contributed by atoms with Gasteiger partial charge < -0.3 is 19.3 Å². The predicted octanol–water partition coefficient (Wildman–Crippen LogP) is 1.91. The molecule has 0 unspecified atom stereocenters. The Morgan fingerprint density at radius 1 is 1.33 bits per heavy atom. The Morgan fingerprint density at radius 2 is 2.05 bits per heavy atom. The molecule has 1 aromatic heterocycles. The van der Waals surface area contributed by atoms with Crippen molar-refractivity contribution < 1.29 is 24.1 Å². The molecule has 2 N–H and O–H groups in total. The van der Waals surface area contributed by atoms with Crippen molar-refractivity contribution in [2.75, 3.05) is 25.1 Å². The number of nitrogens with one attached hydrogen (secondary N) is 1. The van der Waals surface area contributed by atoms with Crippen molar-refractivity contribution in [3.05, 3.63) is 23.9 Å². The van der Waals surface area contributed by atoms with Crippen molar-refractivity contribution in [2.45, 2.75) is 33.2 Å². The molecule has 21 heavy (non-hydrogen) atoms. The summed E-state index contributed by atoms with van der Waals surface area (Å²) in [7, 11) is 0. The largest absolute Gasteiger partial charge is 0.449 e. The number of ether oxygens (including phenoxy) is 3. The van der Waals surface area contributed by atoms with Gasteiger partial charge in [0.2, 0.25) is 0 Å². The lowest BCUT2D eigenvalue weighted by Crippen LogP contribution is -2.22. The van der Waals surface area contributed by atoms with Crippen LogP contribution in [0.15, 0.2) is 18.2 Å². The number of aliphatic hydroxyl groups is 1. The molecule has 0 aromatic carbocycles. The van der Waals surface area contributed by atoms with E-state index in [9.17, 15) is 4.79 Å². The van der Waals surface area contributed by atoms with Crippen LogP contribution in [0.3, 0.4) is 0 Å². The van der Waals surface area contributed by atoms with E-state index < -0.39 is 6.09 Å². The van der Waals surface area contributed by atoms with E-state index in [1.54, 1.807) is 18.2 Å². The third-order valence-electron chi connectivity index (χ3n) is 2.49. The van der Waals surface area contributed by atoms with Crippen LogP contribution in [0.5, 0.6) is 0 Å². The lowest BCUT2D eigenvalue weighted by Gasteiger charge is -2.16. The smallest absolute Gasteiger partial charge is 0.412 e. The highest BCUT2D eigenvalue weighted by Crippen LogP contribution is 2.06. The monoisotopic (exact) mass is 298 g/mol. The maximum absolute atomic E-state index is 11.6. The second-order valence-electron chi connectivity index (χ2n) is 4.06. The summed E-state index contributed by atoms with van der Waals surface area (Å²) in [5.74, 6) is 0.331. The molecular formula is C14H22N2O5. The third-order valence-corrected chi connectivity index (χ3v) is 2.49. The summed E-state index contributed by atoms with van der Waals surface area (Å²) >= 11 is 0. The average Bonchev–Trinajstić information content (AvgIpc) is 2.48. The number of carbonyl (C=O) groups is 1. The van der Waals surface area contributed by atoms with Crippen LogP contribution < -0.4 is 5.32 Å². The van der Waals surface area contributed by atoms with Gasteiger partial charge in [-0.25, -0.2) is 9.78 Å². The highest BCUT2D eigenvalue weighted by molar-refractivity contribution is 5.83. The number of amides is 1. The normalized spacial score (nSPS) is 10.7. The van der Waals surface area contributed by atoms with Gasteiger partial charge >= 0.3 is 6.09 Å². The Morgan fingerprint density at radius 3 is 2.67 bits per heavy atom. The Balaban J connectivity index is 2.32. The molecule has 7 heteroatoms. The minimum Gasteiger partial charge on any atom is -0.449 e. The highest BCUT2D eigenvalue weighted by atomic mass is 16.7. The second kappa shape index (κ2) is 10.1. The molecule has 0 aliphatic carbocycles. The summed E-state index contributed by atoms with van der Waals surface area (Å²) in [5, 5.41) is 11.5. The first-order valence-electron chi connectivity index (χ1n) is 6.93. The highest BCUT2D eigenvalue weighted by Gasteiger charge is 2.10. The molecule has 0 radical (unpaired) electrons. The van der Waals surface area contributed by atoms with Crippen molar-refractivity contribution in [1.82, 2.24) is 4.98 Å². The van der Waals surface area contributed by atoms with Gasteiger partial charge in [0.25, 0.3) is 0 Å². The Labute approximate surface area is 124 Å². The maximum atomic E-state index is 11.6. The van der Waals surface area contributed by atoms with E-state index in [1.165, 1.54) is 0 Å². The van der Waals surface area contributed by atoms with Gasteiger partial charge in [0.1, 0.15) is 5.82 Å². The molecule has 118 valence electrons. The van der Waals surface area contributed by atoms with Gasteiger partial charge in [-0.1, -0.05) is 6.07 Å². The maximum Gasteiger partial charge on any atom is 0.412 e. The number of rotatable bonds is 9. The van der Waals surface area contributed by atoms with E-state index in [1.807, 2.05) is 13.8 Å². The van der Waals surface area contributed by atoms with Crippen molar-refractivity contribution in [3.63, 3.8) is 0 Å². The number of hydrogen-bond donors (Lipinski definition) is 2. The molecule has 0 spiro atoms. The molecule has 1 rings (SSSR count). The van der Waals surface area contributed by atoms with Gasteiger partial charge in [-0.15, -0.1) is 0 Å². The van der Waals surface area contributed by atoms with Crippen LogP contribution in [0.4, 0.5) is 10.6 Å².